The van der Waals surface area contributed by atoms with Crippen molar-refractivity contribution in [2.45, 2.75) is 12.4 Å². The first-order valence-corrected chi connectivity index (χ1v) is 6.27. The Morgan fingerprint density at radius 2 is 1.67 bits per heavy atom. The minimum atomic E-state index is -4.72. The van der Waals surface area contributed by atoms with Gasteiger partial charge in [-0.05, 0) is 18.2 Å². The van der Waals surface area contributed by atoms with Gasteiger partial charge in [0.15, 0.2) is 5.69 Å². The number of aromatic nitrogens is 2. The van der Waals surface area contributed by atoms with Crippen LogP contribution in [0.4, 0.5) is 26.3 Å². The fourth-order valence-corrected chi connectivity index (χ4v) is 2.16. The molecule has 1 heterocycles. The largest absolute Gasteiger partial charge is 0.434 e. The number of halogens is 7. The maximum Gasteiger partial charge on any atom is 0.434 e. The van der Waals surface area contributed by atoms with E-state index in [1.165, 1.54) is 13.1 Å². The van der Waals surface area contributed by atoms with E-state index in [-0.39, 0.29) is 4.47 Å². The van der Waals surface area contributed by atoms with Crippen LogP contribution in [-0.2, 0) is 19.4 Å². The lowest BCUT2D eigenvalue weighted by atomic mass is 10.1. The molecule has 9 heteroatoms. The molecule has 2 nitrogen and oxygen atoms in total. The SMILES string of the molecule is Cn1cc(C(F)(F)F)nc1-c1ccc(Br)cc1C(F)(F)F. The average molecular weight is 373 g/mol. The van der Waals surface area contributed by atoms with Gasteiger partial charge in [-0.3, -0.25) is 0 Å². The molecule has 0 aliphatic rings. The highest BCUT2D eigenvalue weighted by atomic mass is 79.9. The fraction of sp³-hybridized carbons (Fsp3) is 0.250. The third-order valence-corrected chi connectivity index (χ3v) is 3.19. The van der Waals surface area contributed by atoms with Crippen molar-refractivity contribution in [2.75, 3.05) is 0 Å². The van der Waals surface area contributed by atoms with Crippen LogP contribution in [0.15, 0.2) is 28.9 Å². The summed E-state index contributed by atoms with van der Waals surface area (Å²) in [5, 5.41) is 0. The van der Waals surface area contributed by atoms with E-state index in [1.54, 1.807) is 0 Å². The Balaban J connectivity index is 2.66. The topological polar surface area (TPSA) is 17.8 Å². The van der Waals surface area contributed by atoms with Gasteiger partial charge in [-0.15, -0.1) is 0 Å². The van der Waals surface area contributed by atoms with Crippen LogP contribution in [0.5, 0.6) is 0 Å². The summed E-state index contributed by atoms with van der Waals surface area (Å²) >= 11 is 2.91. The zero-order chi connectivity index (χ0) is 16.0. The summed E-state index contributed by atoms with van der Waals surface area (Å²) in [6.45, 7) is 0. The molecule has 0 amide bonds. The molecular formula is C12H7BrF6N2. The lowest BCUT2D eigenvalue weighted by Gasteiger charge is -2.13. The molecule has 0 saturated carbocycles. The number of hydrogen-bond donors (Lipinski definition) is 0. The molecule has 0 aliphatic carbocycles. The number of nitrogens with zero attached hydrogens (tertiary/aromatic N) is 2. The molecule has 1 aromatic carbocycles. The molecule has 21 heavy (non-hydrogen) atoms. The van der Waals surface area contributed by atoms with E-state index < -0.39 is 35.0 Å². The minimum Gasteiger partial charge on any atom is -0.333 e. The van der Waals surface area contributed by atoms with Crippen LogP contribution in [0.25, 0.3) is 11.4 Å². The van der Waals surface area contributed by atoms with Gasteiger partial charge in [0.2, 0.25) is 0 Å². The molecule has 0 bridgehead atoms. The molecule has 2 aromatic rings. The third-order valence-electron chi connectivity index (χ3n) is 2.69. The monoisotopic (exact) mass is 372 g/mol. The van der Waals surface area contributed by atoms with Gasteiger partial charge in [0.25, 0.3) is 0 Å². The molecule has 114 valence electrons. The average Bonchev–Trinajstić information content (AvgIpc) is 2.70. The second-order valence-electron chi connectivity index (χ2n) is 4.25. The molecule has 0 atom stereocenters. The standard InChI is InChI=1S/C12H7BrF6N2/c1-21-5-9(12(17,18)19)20-10(21)7-3-2-6(13)4-8(7)11(14,15)16/h2-5H,1H3. The highest BCUT2D eigenvalue weighted by Crippen LogP contribution is 2.39. The Bertz CT molecular complexity index is 671. The Kier molecular flexibility index (Phi) is 3.81. The molecule has 1 aromatic heterocycles. The summed E-state index contributed by atoms with van der Waals surface area (Å²) in [5.41, 5.74) is -2.71. The van der Waals surface area contributed by atoms with Crippen molar-refractivity contribution >= 4 is 15.9 Å². The number of aryl methyl sites for hydroxylation is 1. The van der Waals surface area contributed by atoms with Crippen LogP contribution < -0.4 is 0 Å². The first-order chi connectivity index (χ1) is 9.50. The van der Waals surface area contributed by atoms with Gasteiger partial charge in [0, 0.05) is 23.3 Å². The second-order valence-corrected chi connectivity index (χ2v) is 5.16. The highest BCUT2D eigenvalue weighted by Gasteiger charge is 2.37. The van der Waals surface area contributed by atoms with Crippen molar-refractivity contribution in [3.8, 4) is 11.4 Å². The summed E-state index contributed by atoms with van der Waals surface area (Å²) in [5.74, 6) is -0.401. The summed E-state index contributed by atoms with van der Waals surface area (Å²) in [4.78, 5) is 3.28. The minimum absolute atomic E-state index is 0.170. The molecule has 0 spiro atoms. The third kappa shape index (κ3) is 3.22. The number of imidazole rings is 1. The maximum atomic E-state index is 13.0. The second kappa shape index (κ2) is 5.04. The van der Waals surface area contributed by atoms with Crippen LogP contribution in [0.2, 0.25) is 0 Å². The van der Waals surface area contributed by atoms with Crippen LogP contribution in [-0.4, -0.2) is 9.55 Å². The van der Waals surface area contributed by atoms with Crippen LogP contribution in [0.3, 0.4) is 0 Å². The van der Waals surface area contributed by atoms with E-state index in [0.717, 1.165) is 16.7 Å². The van der Waals surface area contributed by atoms with Crippen LogP contribution in [0.1, 0.15) is 11.3 Å². The summed E-state index contributed by atoms with van der Waals surface area (Å²) in [6, 6.07) is 3.19. The van der Waals surface area contributed by atoms with Crippen molar-refractivity contribution in [3.05, 3.63) is 40.1 Å². The maximum absolute atomic E-state index is 13.0. The van der Waals surface area contributed by atoms with Gasteiger partial charge in [-0.1, -0.05) is 15.9 Å². The van der Waals surface area contributed by atoms with Gasteiger partial charge in [-0.25, -0.2) is 4.98 Å². The summed E-state index contributed by atoms with van der Waals surface area (Å²) < 4.78 is 77.9. The van der Waals surface area contributed by atoms with Crippen molar-refractivity contribution in [1.82, 2.24) is 9.55 Å². The molecule has 0 radical (unpaired) electrons. The van der Waals surface area contributed by atoms with E-state index in [9.17, 15) is 26.3 Å². The number of benzene rings is 1. The quantitative estimate of drug-likeness (QED) is 0.652. The smallest absolute Gasteiger partial charge is 0.333 e. The predicted molar refractivity (Wildman–Crippen MR) is 66.3 cm³/mol. The van der Waals surface area contributed by atoms with E-state index in [2.05, 4.69) is 20.9 Å². The van der Waals surface area contributed by atoms with Crippen molar-refractivity contribution in [3.63, 3.8) is 0 Å². The van der Waals surface area contributed by atoms with Gasteiger partial charge in [-0.2, -0.15) is 26.3 Å². The van der Waals surface area contributed by atoms with E-state index in [4.69, 9.17) is 0 Å². The molecule has 0 unspecified atom stereocenters. The first kappa shape index (κ1) is 15.9. The van der Waals surface area contributed by atoms with E-state index in [1.807, 2.05) is 0 Å². The molecular weight excluding hydrogens is 366 g/mol. The highest BCUT2D eigenvalue weighted by molar-refractivity contribution is 9.10. The molecule has 0 aliphatic heterocycles. The molecule has 0 N–H and O–H groups in total. The van der Waals surface area contributed by atoms with E-state index in [0.29, 0.717) is 6.20 Å². The number of alkyl halides is 6. The molecule has 0 saturated heterocycles. The van der Waals surface area contributed by atoms with Gasteiger partial charge >= 0.3 is 12.4 Å². The Morgan fingerprint density at radius 1 is 1.05 bits per heavy atom. The van der Waals surface area contributed by atoms with Crippen molar-refractivity contribution in [2.24, 2.45) is 7.05 Å². The normalized spacial score (nSPS) is 12.8. The fourth-order valence-electron chi connectivity index (χ4n) is 1.80. The van der Waals surface area contributed by atoms with Crippen molar-refractivity contribution in [1.29, 1.82) is 0 Å². The number of hydrogen-bond acceptors (Lipinski definition) is 1. The van der Waals surface area contributed by atoms with Gasteiger partial charge < -0.3 is 4.57 Å². The zero-order valence-electron chi connectivity index (χ0n) is 10.3. The number of rotatable bonds is 1. The van der Waals surface area contributed by atoms with Crippen LogP contribution >= 0.6 is 15.9 Å². The Morgan fingerprint density at radius 3 is 2.14 bits per heavy atom. The summed E-state index contributed by atoms with van der Waals surface area (Å²) in [6.07, 6.45) is -8.77. The lowest BCUT2D eigenvalue weighted by molar-refractivity contribution is -0.140. The first-order valence-electron chi connectivity index (χ1n) is 5.48. The van der Waals surface area contributed by atoms with E-state index >= 15 is 0 Å². The van der Waals surface area contributed by atoms with Crippen molar-refractivity contribution < 1.29 is 26.3 Å². The molecule has 0 fully saturated rings. The van der Waals surface area contributed by atoms with Crippen LogP contribution in [0, 0.1) is 0 Å². The zero-order valence-corrected chi connectivity index (χ0v) is 11.9. The predicted octanol–water partition coefficient (Wildman–Crippen LogP) is 4.89. The Labute approximate surface area is 123 Å². The lowest BCUT2D eigenvalue weighted by Crippen LogP contribution is -2.09. The van der Waals surface area contributed by atoms with Gasteiger partial charge in [0.1, 0.15) is 5.82 Å². The molecule has 2 rings (SSSR count). The Hall–Kier alpha value is -1.51. The summed E-state index contributed by atoms with van der Waals surface area (Å²) in [7, 11) is 1.21. The van der Waals surface area contributed by atoms with Gasteiger partial charge in [0.05, 0.1) is 5.56 Å².